The van der Waals surface area contributed by atoms with Crippen molar-refractivity contribution in [3.63, 3.8) is 0 Å². The van der Waals surface area contributed by atoms with Gasteiger partial charge in [0.15, 0.2) is 5.84 Å². The normalized spacial score (nSPS) is 13.4. The zero-order valence-electron chi connectivity index (χ0n) is 20.7. The first-order valence-corrected chi connectivity index (χ1v) is 12.0. The number of hydrogen-bond donors (Lipinski definition) is 4. The molecule has 0 unspecified atom stereocenters. The van der Waals surface area contributed by atoms with E-state index in [0.717, 1.165) is 28.0 Å². The molecular formula is C26H28N10O. The van der Waals surface area contributed by atoms with Gasteiger partial charge in [-0.3, -0.25) is 0 Å². The zero-order chi connectivity index (χ0) is 25.9. The van der Waals surface area contributed by atoms with Gasteiger partial charge in [0.2, 0.25) is 11.7 Å². The maximum atomic E-state index is 9.21. The number of pyridine rings is 1. The van der Waals surface area contributed by atoms with Gasteiger partial charge in [-0.25, -0.2) is 21.3 Å². The molecule has 1 saturated carbocycles. The van der Waals surface area contributed by atoms with Crippen molar-refractivity contribution >= 4 is 17.3 Å². The topological polar surface area (TPSA) is 165 Å². The Balaban J connectivity index is 1.36. The van der Waals surface area contributed by atoms with Crippen molar-refractivity contribution in [2.45, 2.75) is 45.8 Å². The van der Waals surface area contributed by atoms with Crippen LogP contribution in [0.5, 0.6) is 5.88 Å². The molecule has 0 amide bonds. The fraction of sp³-hybridized carbons (Fsp3) is 0.269. The van der Waals surface area contributed by atoms with Gasteiger partial charge in [0.1, 0.15) is 18.1 Å². The van der Waals surface area contributed by atoms with Gasteiger partial charge in [0.25, 0.3) is 0 Å². The predicted octanol–water partition coefficient (Wildman–Crippen LogP) is 2.76. The number of nitrogens with zero attached hydrogens (tertiary/aromatic N) is 6. The second-order valence-corrected chi connectivity index (χ2v) is 9.12. The first-order chi connectivity index (χ1) is 17.9. The lowest BCUT2D eigenvalue weighted by molar-refractivity contribution is 0.289. The molecule has 5 rings (SSSR count). The number of benzene rings is 1. The third-order valence-electron chi connectivity index (χ3n) is 6.33. The number of anilines is 1. The monoisotopic (exact) mass is 496 g/mol. The van der Waals surface area contributed by atoms with Gasteiger partial charge >= 0.3 is 0 Å². The van der Waals surface area contributed by atoms with Crippen LogP contribution < -0.4 is 27.2 Å². The van der Waals surface area contributed by atoms with E-state index in [4.69, 9.17) is 16.3 Å². The van der Waals surface area contributed by atoms with E-state index >= 15 is 0 Å². The highest BCUT2D eigenvalue weighted by molar-refractivity contribution is 5.94. The van der Waals surface area contributed by atoms with Crippen LogP contribution in [-0.2, 0) is 13.2 Å². The Morgan fingerprint density at radius 1 is 1.16 bits per heavy atom. The first kappa shape index (κ1) is 24.0. The number of hydrazine groups is 1. The van der Waals surface area contributed by atoms with E-state index in [2.05, 4.69) is 49.2 Å². The van der Waals surface area contributed by atoms with Gasteiger partial charge in [-0.2, -0.15) is 10.2 Å². The Bertz CT molecular complexity index is 1510. The standard InChI is InChI=1S/C26H28N10O/c1-15-7-17(10-27)8-16(2)21(15)11-30-22-9-24(33-26(32-22)25(28)34-35-29)37-14-20-13-36-12-19(18-3-4-18)5-6-23(36)31-20/h5-9,12-13,18,35H,3-4,11,14,29H2,1-2H3,(H2,28,34)(H,30,32,33). The van der Waals surface area contributed by atoms with E-state index in [0.29, 0.717) is 29.7 Å². The van der Waals surface area contributed by atoms with Crippen molar-refractivity contribution < 1.29 is 4.74 Å². The molecule has 11 heteroatoms. The summed E-state index contributed by atoms with van der Waals surface area (Å²) in [5.41, 5.74) is 14.9. The molecular weight excluding hydrogens is 468 g/mol. The van der Waals surface area contributed by atoms with Crippen LogP contribution in [0.4, 0.5) is 5.82 Å². The summed E-state index contributed by atoms with van der Waals surface area (Å²) in [7, 11) is 0. The molecule has 0 aliphatic heterocycles. The molecule has 188 valence electrons. The summed E-state index contributed by atoms with van der Waals surface area (Å²) in [5.74, 6) is 6.95. The molecule has 0 atom stereocenters. The van der Waals surface area contributed by atoms with E-state index in [1.165, 1.54) is 18.4 Å². The molecule has 3 aromatic heterocycles. The molecule has 3 heterocycles. The Hall–Kier alpha value is -4.69. The minimum atomic E-state index is 0.0158. The van der Waals surface area contributed by atoms with E-state index in [-0.39, 0.29) is 18.3 Å². The maximum Gasteiger partial charge on any atom is 0.219 e. The number of ether oxygens (including phenoxy) is 1. The molecule has 37 heavy (non-hydrogen) atoms. The molecule has 1 fully saturated rings. The van der Waals surface area contributed by atoms with Gasteiger partial charge in [0, 0.05) is 25.0 Å². The van der Waals surface area contributed by atoms with Crippen LogP contribution in [0.15, 0.2) is 47.8 Å². The van der Waals surface area contributed by atoms with Crippen LogP contribution in [-0.4, -0.2) is 25.2 Å². The SMILES string of the molecule is Cc1cc(C#N)cc(C)c1CNc1cc(OCc2cn3cc(C4CC4)ccc3n2)nc(/C(N)=N/NN)n1. The molecule has 0 bridgehead atoms. The second-order valence-electron chi connectivity index (χ2n) is 9.12. The summed E-state index contributed by atoms with van der Waals surface area (Å²) >= 11 is 0. The fourth-order valence-electron chi connectivity index (χ4n) is 4.28. The Morgan fingerprint density at radius 2 is 1.95 bits per heavy atom. The van der Waals surface area contributed by atoms with Gasteiger partial charge in [-0.15, -0.1) is 5.10 Å². The number of nitrogens with two attached hydrogens (primary N) is 2. The van der Waals surface area contributed by atoms with Crippen molar-refractivity contribution in [3.05, 3.63) is 82.1 Å². The number of fused-ring (bicyclic) bond motifs is 1. The van der Waals surface area contributed by atoms with Gasteiger partial charge in [0.05, 0.1) is 17.3 Å². The van der Waals surface area contributed by atoms with Crippen LogP contribution in [0.3, 0.4) is 0 Å². The fourth-order valence-corrected chi connectivity index (χ4v) is 4.28. The number of imidazole rings is 1. The van der Waals surface area contributed by atoms with Crippen molar-refractivity contribution in [1.29, 1.82) is 5.26 Å². The van der Waals surface area contributed by atoms with Crippen molar-refractivity contribution in [1.82, 2.24) is 24.9 Å². The summed E-state index contributed by atoms with van der Waals surface area (Å²) in [6.07, 6.45) is 6.60. The van der Waals surface area contributed by atoms with E-state index < -0.39 is 0 Å². The first-order valence-electron chi connectivity index (χ1n) is 12.0. The van der Waals surface area contributed by atoms with Crippen molar-refractivity contribution in [3.8, 4) is 11.9 Å². The lowest BCUT2D eigenvalue weighted by Gasteiger charge is -2.14. The van der Waals surface area contributed by atoms with Crippen LogP contribution in [0.1, 0.15) is 58.1 Å². The smallest absolute Gasteiger partial charge is 0.219 e. The quantitative estimate of drug-likeness (QED) is 0.118. The van der Waals surface area contributed by atoms with Crippen molar-refractivity contribution in [2.75, 3.05) is 5.32 Å². The molecule has 1 aromatic carbocycles. The van der Waals surface area contributed by atoms with E-state index in [1.54, 1.807) is 6.07 Å². The summed E-state index contributed by atoms with van der Waals surface area (Å²) in [6, 6.07) is 11.8. The summed E-state index contributed by atoms with van der Waals surface area (Å²) < 4.78 is 8.02. The third-order valence-corrected chi connectivity index (χ3v) is 6.33. The van der Waals surface area contributed by atoms with E-state index in [9.17, 15) is 5.26 Å². The number of nitrogens with one attached hydrogen (secondary N) is 2. The highest BCUT2D eigenvalue weighted by Gasteiger charge is 2.23. The Morgan fingerprint density at radius 3 is 2.65 bits per heavy atom. The van der Waals surface area contributed by atoms with Crippen molar-refractivity contribution in [2.24, 2.45) is 16.7 Å². The maximum absolute atomic E-state index is 9.21. The highest BCUT2D eigenvalue weighted by atomic mass is 16.5. The zero-order valence-corrected chi connectivity index (χ0v) is 20.7. The van der Waals surface area contributed by atoms with Crippen LogP contribution >= 0.6 is 0 Å². The summed E-state index contributed by atoms with van der Waals surface area (Å²) in [4.78, 5) is 13.5. The third kappa shape index (κ3) is 5.44. The molecule has 1 aliphatic rings. The Labute approximate surface area is 214 Å². The minimum Gasteiger partial charge on any atom is -0.471 e. The Kier molecular flexibility index (Phi) is 6.57. The molecule has 4 aromatic rings. The van der Waals surface area contributed by atoms with Gasteiger partial charge < -0.3 is 20.2 Å². The predicted molar refractivity (Wildman–Crippen MR) is 140 cm³/mol. The lowest BCUT2D eigenvalue weighted by atomic mass is 10.00. The van der Waals surface area contributed by atoms with E-state index in [1.807, 2.05) is 42.6 Å². The lowest BCUT2D eigenvalue weighted by Crippen LogP contribution is -2.25. The highest BCUT2D eigenvalue weighted by Crippen LogP contribution is 2.39. The molecule has 0 saturated heterocycles. The molecule has 0 spiro atoms. The van der Waals surface area contributed by atoms with Crippen LogP contribution in [0.25, 0.3) is 5.65 Å². The van der Waals surface area contributed by atoms with Crippen LogP contribution in [0.2, 0.25) is 0 Å². The van der Waals surface area contributed by atoms with Gasteiger partial charge in [-0.1, -0.05) is 6.07 Å². The summed E-state index contributed by atoms with van der Waals surface area (Å²) in [6.45, 7) is 4.66. The number of nitriles is 1. The summed E-state index contributed by atoms with van der Waals surface area (Å²) in [5, 5.41) is 16.3. The number of hydrazone groups is 1. The number of amidine groups is 1. The number of aromatic nitrogens is 4. The molecule has 0 radical (unpaired) electrons. The van der Waals surface area contributed by atoms with Gasteiger partial charge in [-0.05, 0) is 73.1 Å². The average Bonchev–Trinajstić information content (AvgIpc) is 3.66. The largest absolute Gasteiger partial charge is 0.471 e. The average molecular weight is 497 g/mol. The molecule has 1 aliphatic carbocycles. The van der Waals surface area contributed by atoms with Crippen LogP contribution in [0, 0.1) is 25.2 Å². The number of aryl methyl sites for hydroxylation is 2. The number of rotatable bonds is 9. The second kappa shape index (κ2) is 10.1. The number of hydrogen-bond acceptors (Lipinski definition) is 9. The molecule has 6 N–H and O–H groups in total. The molecule has 11 nitrogen and oxygen atoms in total. The minimum absolute atomic E-state index is 0.0158.